The van der Waals surface area contributed by atoms with Gasteiger partial charge in [-0.25, -0.2) is 0 Å². The Morgan fingerprint density at radius 3 is 1.95 bits per heavy atom. The highest BCUT2D eigenvalue weighted by Crippen LogP contribution is 2.34. The molecule has 4 rings (SSSR count). The Hall–Kier alpha value is -2.74. The second-order valence-corrected chi connectivity index (χ2v) is 5.36. The average Bonchev–Trinajstić information content (AvgIpc) is 2.84. The van der Waals surface area contributed by atoms with Crippen molar-refractivity contribution in [3.05, 3.63) is 72.3 Å². The van der Waals surface area contributed by atoms with Crippen LogP contribution in [-0.4, -0.2) is 9.67 Å². The lowest BCUT2D eigenvalue weighted by atomic mass is 10.2. The Morgan fingerprint density at radius 2 is 1.33 bits per heavy atom. The van der Waals surface area contributed by atoms with Crippen LogP contribution in [0.5, 0.6) is 5.75 Å². The van der Waals surface area contributed by atoms with E-state index in [2.05, 4.69) is 41.0 Å². The van der Waals surface area contributed by atoms with Gasteiger partial charge in [0.25, 0.3) is 0 Å². The zero-order valence-electron chi connectivity index (χ0n) is 11.7. The number of fused-ring (bicyclic) bond motifs is 3. The van der Waals surface area contributed by atoms with Crippen LogP contribution < -0.4 is 0 Å². The second-order valence-electron chi connectivity index (χ2n) is 5.36. The molecule has 0 saturated carbocycles. The monoisotopic (exact) mass is 273 g/mol. The number of phenols is 1. The quantitative estimate of drug-likeness (QED) is 0.529. The number of hydrogen-bond acceptors (Lipinski definition) is 1. The lowest BCUT2D eigenvalue weighted by molar-refractivity contribution is 0.473. The molecule has 21 heavy (non-hydrogen) atoms. The van der Waals surface area contributed by atoms with E-state index in [0.29, 0.717) is 5.75 Å². The van der Waals surface area contributed by atoms with Gasteiger partial charge in [-0.3, -0.25) is 0 Å². The van der Waals surface area contributed by atoms with E-state index in [1.807, 2.05) is 31.2 Å². The van der Waals surface area contributed by atoms with Gasteiger partial charge in [-0.2, -0.15) is 0 Å². The molecular formula is C19H15NO. The van der Waals surface area contributed by atoms with E-state index >= 15 is 0 Å². The highest BCUT2D eigenvalue weighted by Gasteiger charge is 2.13. The summed E-state index contributed by atoms with van der Waals surface area (Å²) in [5, 5.41) is 12.7. The van der Waals surface area contributed by atoms with Gasteiger partial charge < -0.3 is 9.67 Å². The third-order valence-corrected chi connectivity index (χ3v) is 3.95. The summed E-state index contributed by atoms with van der Waals surface area (Å²) < 4.78 is 2.13. The predicted octanol–water partition coefficient (Wildman–Crippen LogP) is 4.80. The third-order valence-electron chi connectivity index (χ3n) is 3.95. The topological polar surface area (TPSA) is 25.2 Å². The molecule has 0 amide bonds. The summed E-state index contributed by atoms with van der Waals surface area (Å²) >= 11 is 0. The highest BCUT2D eigenvalue weighted by atomic mass is 16.3. The Morgan fingerprint density at radius 1 is 0.762 bits per heavy atom. The van der Waals surface area contributed by atoms with Crippen LogP contribution in [-0.2, 0) is 0 Å². The molecular weight excluding hydrogens is 258 g/mol. The summed E-state index contributed by atoms with van der Waals surface area (Å²) in [4.78, 5) is 0. The van der Waals surface area contributed by atoms with Crippen LogP contribution in [0.3, 0.4) is 0 Å². The molecule has 0 saturated heterocycles. The lowest BCUT2D eigenvalue weighted by Crippen LogP contribution is -1.94. The molecule has 3 aromatic carbocycles. The average molecular weight is 273 g/mol. The minimum Gasteiger partial charge on any atom is -0.506 e. The predicted molar refractivity (Wildman–Crippen MR) is 87.2 cm³/mol. The number of rotatable bonds is 1. The number of aromatic nitrogens is 1. The van der Waals surface area contributed by atoms with Crippen LogP contribution in [0.25, 0.3) is 27.5 Å². The number of benzene rings is 3. The van der Waals surface area contributed by atoms with Crippen LogP contribution >= 0.6 is 0 Å². The summed E-state index contributed by atoms with van der Waals surface area (Å²) in [6, 6.07) is 22.3. The summed E-state index contributed by atoms with van der Waals surface area (Å²) in [5.41, 5.74) is 4.18. The van der Waals surface area contributed by atoms with Gasteiger partial charge in [0.1, 0.15) is 5.75 Å². The highest BCUT2D eigenvalue weighted by molar-refractivity contribution is 6.09. The molecule has 0 radical (unpaired) electrons. The number of nitrogens with zero attached hydrogens (tertiary/aromatic N) is 1. The van der Waals surface area contributed by atoms with E-state index in [-0.39, 0.29) is 0 Å². The van der Waals surface area contributed by atoms with E-state index in [1.165, 1.54) is 10.8 Å². The first-order chi connectivity index (χ1) is 10.3. The molecule has 1 aromatic heterocycles. The van der Waals surface area contributed by atoms with Crippen LogP contribution in [0.15, 0.2) is 66.7 Å². The standard InChI is InChI=1S/C19H15NO/c1-13-10-11-19(21)18(12-13)20-16-8-4-2-6-14(16)15-7-3-5-9-17(15)20/h2-12,21H,1H3. The number of para-hydroxylation sites is 2. The normalized spacial score (nSPS) is 11.3. The van der Waals surface area contributed by atoms with Crippen molar-refractivity contribution in [2.24, 2.45) is 0 Å². The number of aryl methyl sites for hydroxylation is 1. The van der Waals surface area contributed by atoms with Gasteiger partial charge in [0, 0.05) is 10.8 Å². The van der Waals surface area contributed by atoms with Crippen molar-refractivity contribution in [2.45, 2.75) is 6.92 Å². The fraction of sp³-hybridized carbons (Fsp3) is 0.0526. The molecule has 2 heteroatoms. The summed E-state index contributed by atoms with van der Waals surface area (Å²) in [6.45, 7) is 2.04. The van der Waals surface area contributed by atoms with Crippen molar-refractivity contribution in [1.82, 2.24) is 4.57 Å². The first-order valence-electron chi connectivity index (χ1n) is 7.04. The molecule has 0 unspecified atom stereocenters. The molecule has 0 aliphatic carbocycles. The third kappa shape index (κ3) is 1.73. The van der Waals surface area contributed by atoms with E-state index in [1.54, 1.807) is 6.07 Å². The molecule has 0 aliphatic heterocycles. The first kappa shape index (κ1) is 12.0. The Labute approximate surface area is 122 Å². The van der Waals surface area contributed by atoms with Crippen molar-refractivity contribution in [2.75, 3.05) is 0 Å². The van der Waals surface area contributed by atoms with Crippen molar-refractivity contribution in [1.29, 1.82) is 0 Å². The molecule has 1 N–H and O–H groups in total. The van der Waals surface area contributed by atoms with E-state index in [0.717, 1.165) is 22.3 Å². The van der Waals surface area contributed by atoms with Gasteiger partial charge in [0.2, 0.25) is 0 Å². The molecule has 0 aliphatic rings. The van der Waals surface area contributed by atoms with Crippen molar-refractivity contribution in [3.8, 4) is 11.4 Å². The summed E-state index contributed by atoms with van der Waals surface area (Å²) in [7, 11) is 0. The molecule has 2 nitrogen and oxygen atoms in total. The number of aromatic hydroxyl groups is 1. The first-order valence-corrected chi connectivity index (χ1v) is 7.04. The van der Waals surface area contributed by atoms with Gasteiger partial charge in [0.15, 0.2) is 0 Å². The SMILES string of the molecule is Cc1ccc(O)c(-n2c3ccccc3c3ccccc32)c1. The van der Waals surface area contributed by atoms with Gasteiger partial charge in [-0.05, 0) is 36.8 Å². The maximum absolute atomic E-state index is 10.3. The minimum atomic E-state index is 0.298. The van der Waals surface area contributed by atoms with Gasteiger partial charge in [-0.15, -0.1) is 0 Å². The largest absolute Gasteiger partial charge is 0.506 e. The maximum atomic E-state index is 10.3. The van der Waals surface area contributed by atoms with Crippen LogP contribution in [0.1, 0.15) is 5.56 Å². The van der Waals surface area contributed by atoms with Gasteiger partial charge >= 0.3 is 0 Å². The zero-order valence-corrected chi connectivity index (χ0v) is 11.7. The zero-order chi connectivity index (χ0) is 14.4. The second kappa shape index (κ2) is 4.38. The smallest absolute Gasteiger partial charge is 0.139 e. The van der Waals surface area contributed by atoms with Crippen LogP contribution in [0.2, 0.25) is 0 Å². The van der Waals surface area contributed by atoms with Gasteiger partial charge in [-0.1, -0.05) is 42.5 Å². The van der Waals surface area contributed by atoms with E-state index in [9.17, 15) is 5.11 Å². The van der Waals surface area contributed by atoms with Crippen molar-refractivity contribution < 1.29 is 5.11 Å². The van der Waals surface area contributed by atoms with Crippen LogP contribution in [0, 0.1) is 6.92 Å². The number of hydrogen-bond donors (Lipinski definition) is 1. The molecule has 1 heterocycles. The molecule has 0 bridgehead atoms. The minimum absolute atomic E-state index is 0.298. The molecule has 0 fully saturated rings. The Kier molecular flexibility index (Phi) is 2.51. The molecule has 0 spiro atoms. The number of phenolic OH excluding ortho intramolecular Hbond substituents is 1. The Balaban J connectivity index is 2.23. The van der Waals surface area contributed by atoms with Crippen molar-refractivity contribution in [3.63, 3.8) is 0 Å². The van der Waals surface area contributed by atoms with Crippen molar-refractivity contribution >= 4 is 21.8 Å². The molecule has 0 atom stereocenters. The molecule has 4 aromatic rings. The summed E-state index contributed by atoms with van der Waals surface area (Å²) in [5.74, 6) is 0.298. The fourth-order valence-corrected chi connectivity index (χ4v) is 2.99. The molecule has 102 valence electrons. The van der Waals surface area contributed by atoms with E-state index in [4.69, 9.17) is 0 Å². The van der Waals surface area contributed by atoms with Gasteiger partial charge in [0.05, 0.1) is 16.7 Å². The van der Waals surface area contributed by atoms with E-state index < -0.39 is 0 Å². The maximum Gasteiger partial charge on any atom is 0.139 e. The Bertz CT molecular complexity index is 913. The lowest BCUT2D eigenvalue weighted by Gasteiger charge is -2.10. The fourth-order valence-electron chi connectivity index (χ4n) is 2.99. The summed E-state index contributed by atoms with van der Waals surface area (Å²) in [6.07, 6.45) is 0. The van der Waals surface area contributed by atoms with Crippen LogP contribution in [0.4, 0.5) is 0 Å².